The Morgan fingerprint density at radius 3 is 2.50 bits per heavy atom. The number of amides is 1. The summed E-state index contributed by atoms with van der Waals surface area (Å²) < 4.78 is 11.1. The molecule has 6 nitrogen and oxygen atoms in total. The number of methoxy groups -OCH3 is 1. The van der Waals surface area contributed by atoms with Gasteiger partial charge in [0.1, 0.15) is 23.1 Å². The number of anilines is 2. The minimum Gasteiger partial charge on any atom is -0.496 e. The highest BCUT2D eigenvalue weighted by molar-refractivity contribution is 6.10. The van der Waals surface area contributed by atoms with Crippen molar-refractivity contribution in [3.05, 3.63) is 59.2 Å². The molecule has 0 unspecified atom stereocenters. The van der Waals surface area contributed by atoms with Crippen LogP contribution in [0, 0.1) is 11.3 Å². The Labute approximate surface area is 202 Å². The molecule has 34 heavy (non-hydrogen) atoms. The predicted molar refractivity (Wildman–Crippen MR) is 138 cm³/mol. The zero-order valence-corrected chi connectivity index (χ0v) is 20.9. The Hall–Kier alpha value is -3.72. The number of benzene rings is 2. The van der Waals surface area contributed by atoms with Crippen LogP contribution in [0.3, 0.4) is 0 Å². The molecule has 1 aliphatic rings. The standard InChI is InChI=1S/C28H33N3O3/c1-7-13-31-25-16-26(33-6)20(15-24(25)19(3)17-28(31,4)5)14-21(18-29)27(32)30-22-9-11-23(12-10-22)34-8-2/h9-12,14-17H,7-8,13H2,1-6H3,(H,30,32)/b21-14+. The summed E-state index contributed by atoms with van der Waals surface area (Å²) in [6, 6.07) is 13.1. The topological polar surface area (TPSA) is 74.6 Å². The van der Waals surface area contributed by atoms with Gasteiger partial charge in [-0.3, -0.25) is 4.79 Å². The van der Waals surface area contributed by atoms with Crippen LogP contribution in [-0.2, 0) is 4.79 Å². The number of nitrogens with one attached hydrogen (secondary N) is 1. The summed E-state index contributed by atoms with van der Waals surface area (Å²) >= 11 is 0. The van der Waals surface area contributed by atoms with Crippen molar-refractivity contribution in [2.45, 2.75) is 46.6 Å². The van der Waals surface area contributed by atoms with Gasteiger partial charge in [-0.1, -0.05) is 13.0 Å². The zero-order valence-electron chi connectivity index (χ0n) is 20.9. The van der Waals surface area contributed by atoms with E-state index in [-0.39, 0.29) is 11.1 Å². The molecule has 0 spiro atoms. The van der Waals surface area contributed by atoms with E-state index in [9.17, 15) is 10.1 Å². The highest BCUT2D eigenvalue weighted by atomic mass is 16.5. The highest BCUT2D eigenvalue weighted by Gasteiger charge is 2.31. The third-order valence-electron chi connectivity index (χ3n) is 5.86. The average Bonchev–Trinajstić information content (AvgIpc) is 2.80. The minimum atomic E-state index is -0.479. The van der Waals surface area contributed by atoms with Gasteiger partial charge in [0.05, 0.1) is 19.3 Å². The van der Waals surface area contributed by atoms with Crippen LogP contribution in [-0.4, -0.2) is 31.7 Å². The van der Waals surface area contributed by atoms with Gasteiger partial charge in [0.15, 0.2) is 0 Å². The first kappa shape index (κ1) is 24.9. The Morgan fingerprint density at radius 1 is 1.21 bits per heavy atom. The first-order valence-corrected chi connectivity index (χ1v) is 11.6. The normalized spacial score (nSPS) is 14.6. The molecule has 178 valence electrons. The molecule has 0 aromatic heterocycles. The molecule has 2 aromatic carbocycles. The number of ether oxygens (including phenoxy) is 2. The van der Waals surface area contributed by atoms with Gasteiger partial charge in [-0.25, -0.2) is 0 Å². The summed E-state index contributed by atoms with van der Waals surface area (Å²) in [6.07, 6.45) is 4.86. The van der Waals surface area contributed by atoms with Gasteiger partial charge in [0.25, 0.3) is 5.91 Å². The van der Waals surface area contributed by atoms with Crippen LogP contribution < -0.4 is 19.7 Å². The van der Waals surface area contributed by atoms with Crippen molar-refractivity contribution in [2.75, 3.05) is 30.5 Å². The Kier molecular flexibility index (Phi) is 7.68. The van der Waals surface area contributed by atoms with Crippen LogP contribution in [0.4, 0.5) is 11.4 Å². The average molecular weight is 460 g/mol. The van der Waals surface area contributed by atoms with Crippen molar-refractivity contribution < 1.29 is 14.3 Å². The Balaban J connectivity index is 1.96. The van der Waals surface area contributed by atoms with Gasteiger partial charge >= 0.3 is 0 Å². The number of carbonyl (C=O) groups is 1. The van der Waals surface area contributed by atoms with E-state index in [1.807, 2.05) is 25.1 Å². The first-order chi connectivity index (χ1) is 16.2. The van der Waals surface area contributed by atoms with Gasteiger partial charge < -0.3 is 19.7 Å². The molecule has 0 bridgehead atoms. The number of allylic oxidation sites excluding steroid dienone is 1. The molecule has 3 rings (SSSR count). The molecule has 0 atom stereocenters. The van der Waals surface area contributed by atoms with E-state index >= 15 is 0 Å². The van der Waals surface area contributed by atoms with Crippen LogP contribution in [0.2, 0.25) is 0 Å². The van der Waals surface area contributed by atoms with E-state index in [1.165, 1.54) is 0 Å². The molecule has 0 aliphatic carbocycles. The van der Waals surface area contributed by atoms with Crippen molar-refractivity contribution in [2.24, 2.45) is 0 Å². The Morgan fingerprint density at radius 2 is 1.91 bits per heavy atom. The van der Waals surface area contributed by atoms with E-state index in [0.717, 1.165) is 35.5 Å². The fraction of sp³-hybridized carbons (Fsp3) is 0.357. The summed E-state index contributed by atoms with van der Waals surface area (Å²) in [5.74, 6) is 0.860. The van der Waals surface area contributed by atoms with Crippen LogP contribution in [0.1, 0.15) is 52.2 Å². The molecule has 0 radical (unpaired) electrons. The molecular weight excluding hydrogens is 426 g/mol. The lowest BCUT2D eigenvalue weighted by Crippen LogP contribution is -2.45. The second kappa shape index (κ2) is 10.5. The molecule has 1 amide bonds. The number of hydrogen-bond acceptors (Lipinski definition) is 5. The quantitative estimate of drug-likeness (QED) is 0.384. The molecule has 1 aliphatic heterocycles. The van der Waals surface area contributed by atoms with Crippen LogP contribution >= 0.6 is 0 Å². The lowest BCUT2D eigenvalue weighted by atomic mass is 9.87. The van der Waals surface area contributed by atoms with Crippen molar-refractivity contribution in [3.63, 3.8) is 0 Å². The molecule has 1 N–H and O–H groups in total. The first-order valence-electron chi connectivity index (χ1n) is 11.6. The second-order valence-electron chi connectivity index (χ2n) is 8.83. The van der Waals surface area contributed by atoms with E-state index in [4.69, 9.17) is 9.47 Å². The summed E-state index contributed by atoms with van der Waals surface area (Å²) in [7, 11) is 1.60. The van der Waals surface area contributed by atoms with Gasteiger partial charge in [0, 0.05) is 35.1 Å². The summed E-state index contributed by atoms with van der Waals surface area (Å²) in [5, 5.41) is 12.5. The van der Waals surface area contributed by atoms with E-state index < -0.39 is 5.91 Å². The second-order valence-corrected chi connectivity index (χ2v) is 8.83. The fourth-order valence-corrected chi connectivity index (χ4v) is 4.35. The number of nitrogens with zero attached hydrogens (tertiary/aromatic N) is 2. The third kappa shape index (κ3) is 5.26. The van der Waals surface area contributed by atoms with Gasteiger partial charge in [-0.05, 0) is 76.1 Å². The molecule has 2 aromatic rings. The maximum Gasteiger partial charge on any atom is 0.266 e. The van der Waals surface area contributed by atoms with E-state index in [2.05, 4.69) is 44.0 Å². The largest absolute Gasteiger partial charge is 0.496 e. The van der Waals surface area contributed by atoms with Gasteiger partial charge in [-0.2, -0.15) is 5.26 Å². The fourth-order valence-electron chi connectivity index (χ4n) is 4.35. The lowest BCUT2D eigenvalue weighted by molar-refractivity contribution is -0.112. The Bertz CT molecular complexity index is 1150. The van der Waals surface area contributed by atoms with E-state index in [0.29, 0.717) is 23.6 Å². The highest BCUT2D eigenvalue weighted by Crippen LogP contribution is 2.42. The zero-order chi connectivity index (χ0) is 24.9. The number of rotatable bonds is 8. The molecule has 6 heteroatoms. The summed E-state index contributed by atoms with van der Waals surface area (Å²) in [5.41, 5.74) is 4.47. The molecular formula is C28H33N3O3. The van der Waals surface area contributed by atoms with Crippen molar-refractivity contribution in [1.82, 2.24) is 0 Å². The molecule has 0 saturated carbocycles. The maximum atomic E-state index is 12.8. The monoisotopic (exact) mass is 459 g/mol. The third-order valence-corrected chi connectivity index (χ3v) is 5.86. The van der Waals surface area contributed by atoms with Crippen LogP contribution in [0.5, 0.6) is 11.5 Å². The maximum absolute atomic E-state index is 12.8. The van der Waals surface area contributed by atoms with Crippen molar-refractivity contribution in [1.29, 1.82) is 5.26 Å². The van der Waals surface area contributed by atoms with Gasteiger partial charge in [-0.15, -0.1) is 0 Å². The van der Waals surface area contributed by atoms with E-state index in [1.54, 1.807) is 37.5 Å². The molecule has 1 heterocycles. The molecule has 0 saturated heterocycles. The number of hydrogen-bond donors (Lipinski definition) is 1. The van der Waals surface area contributed by atoms with Crippen LogP contribution in [0.25, 0.3) is 11.6 Å². The van der Waals surface area contributed by atoms with Gasteiger partial charge in [0.2, 0.25) is 0 Å². The number of nitriles is 1. The van der Waals surface area contributed by atoms with Crippen molar-refractivity contribution in [3.8, 4) is 17.6 Å². The van der Waals surface area contributed by atoms with Crippen molar-refractivity contribution >= 4 is 28.9 Å². The minimum absolute atomic E-state index is 0.00433. The summed E-state index contributed by atoms with van der Waals surface area (Å²) in [4.78, 5) is 15.2. The lowest BCUT2D eigenvalue weighted by Gasteiger charge is -2.43. The van der Waals surface area contributed by atoms with Crippen LogP contribution in [0.15, 0.2) is 48.0 Å². The SMILES string of the molecule is CCCN1c2cc(OC)c(/C=C(\C#N)C(=O)Nc3ccc(OCC)cc3)cc2C(C)=CC1(C)C. The smallest absolute Gasteiger partial charge is 0.266 e. The predicted octanol–water partition coefficient (Wildman–Crippen LogP) is 6.05. The number of fused-ring (bicyclic) bond motifs is 1. The molecule has 0 fully saturated rings. The number of carbonyl (C=O) groups excluding carboxylic acids is 1. The summed E-state index contributed by atoms with van der Waals surface area (Å²) in [6.45, 7) is 12.1.